The Bertz CT molecular complexity index is 319. The molecule has 2 rings (SSSR count). The van der Waals surface area contributed by atoms with Crippen LogP contribution in [0.2, 0.25) is 0 Å². The van der Waals surface area contributed by atoms with E-state index in [0.29, 0.717) is 5.92 Å². The molecule has 0 amide bonds. The summed E-state index contributed by atoms with van der Waals surface area (Å²) in [6.07, 6.45) is 5.13. The third-order valence-electron chi connectivity index (χ3n) is 3.99. The predicted molar refractivity (Wildman–Crippen MR) is 75.9 cm³/mol. The first-order valence-electron chi connectivity index (χ1n) is 7.17. The lowest BCUT2D eigenvalue weighted by atomic mass is 9.87. The summed E-state index contributed by atoms with van der Waals surface area (Å²) >= 11 is 0. The Morgan fingerprint density at radius 2 is 1.94 bits per heavy atom. The van der Waals surface area contributed by atoms with Crippen LogP contribution < -0.4 is 5.32 Å². The average Bonchev–Trinajstić information content (AvgIpc) is 2.45. The summed E-state index contributed by atoms with van der Waals surface area (Å²) in [5.41, 5.74) is 1.47. The van der Waals surface area contributed by atoms with E-state index < -0.39 is 0 Å². The fourth-order valence-electron chi connectivity index (χ4n) is 2.83. The van der Waals surface area contributed by atoms with Crippen molar-refractivity contribution in [2.24, 2.45) is 5.92 Å². The molecule has 0 bridgehead atoms. The van der Waals surface area contributed by atoms with Crippen molar-refractivity contribution in [2.75, 3.05) is 26.8 Å². The van der Waals surface area contributed by atoms with Gasteiger partial charge in [-0.2, -0.15) is 0 Å². The molecule has 0 saturated carbocycles. The number of nitrogens with one attached hydrogen (secondary N) is 1. The summed E-state index contributed by atoms with van der Waals surface area (Å²) in [4.78, 5) is 0. The lowest BCUT2D eigenvalue weighted by Crippen LogP contribution is -2.20. The van der Waals surface area contributed by atoms with E-state index in [9.17, 15) is 0 Å². The fraction of sp³-hybridized carbons (Fsp3) is 0.625. The Hall–Kier alpha value is -0.860. The second-order valence-corrected chi connectivity index (χ2v) is 5.30. The van der Waals surface area contributed by atoms with Gasteiger partial charge in [0.15, 0.2) is 0 Å². The second kappa shape index (κ2) is 7.55. The molecule has 1 aliphatic rings. The molecule has 2 nitrogen and oxygen atoms in total. The molecule has 18 heavy (non-hydrogen) atoms. The highest BCUT2D eigenvalue weighted by atomic mass is 16.5. The van der Waals surface area contributed by atoms with Crippen LogP contribution >= 0.6 is 0 Å². The van der Waals surface area contributed by atoms with E-state index in [2.05, 4.69) is 35.6 Å². The van der Waals surface area contributed by atoms with Crippen LogP contribution in [0, 0.1) is 5.92 Å². The van der Waals surface area contributed by atoms with Gasteiger partial charge in [-0.1, -0.05) is 30.3 Å². The summed E-state index contributed by atoms with van der Waals surface area (Å²) in [5, 5.41) is 3.33. The molecule has 1 heterocycles. The summed E-state index contributed by atoms with van der Waals surface area (Å²) < 4.78 is 5.43. The highest BCUT2D eigenvalue weighted by Crippen LogP contribution is 2.27. The van der Waals surface area contributed by atoms with Gasteiger partial charge in [0.05, 0.1) is 0 Å². The first kappa shape index (κ1) is 13.6. The zero-order valence-electron chi connectivity index (χ0n) is 11.4. The minimum atomic E-state index is 0.652. The number of hydrogen-bond donors (Lipinski definition) is 1. The highest BCUT2D eigenvalue weighted by molar-refractivity contribution is 5.19. The van der Waals surface area contributed by atoms with Crippen molar-refractivity contribution in [3.8, 4) is 0 Å². The number of ether oxygens (including phenoxy) is 1. The summed E-state index contributed by atoms with van der Waals surface area (Å²) in [7, 11) is 2.05. The molecule has 0 radical (unpaired) electrons. The molecule has 1 aliphatic heterocycles. The molecule has 1 aromatic carbocycles. The summed E-state index contributed by atoms with van der Waals surface area (Å²) in [6, 6.07) is 10.9. The summed E-state index contributed by atoms with van der Waals surface area (Å²) in [5.74, 6) is 1.53. The molecule has 1 N–H and O–H groups in total. The maximum atomic E-state index is 5.43. The third-order valence-corrected chi connectivity index (χ3v) is 3.99. The molecule has 1 unspecified atom stereocenters. The van der Waals surface area contributed by atoms with E-state index in [0.717, 1.165) is 25.7 Å². The van der Waals surface area contributed by atoms with Crippen molar-refractivity contribution in [1.29, 1.82) is 0 Å². The Morgan fingerprint density at radius 1 is 1.22 bits per heavy atom. The minimum absolute atomic E-state index is 0.652. The van der Waals surface area contributed by atoms with Crippen LogP contribution in [0.5, 0.6) is 0 Å². The summed E-state index contributed by atoms with van der Waals surface area (Å²) in [6.45, 7) is 3.01. The number of rotatable bonds is 6. The smallest absolute Gasteiger partial charge is 0.0468 e. The Labute approximate surface area is 111 Å². The first-order valence-corrected chi connectivity index (χ1v) is 7.17. The predicted octanol–water partition coefficient (Wildman–Crippen LogP) is 3.20. The quantitative estimate of drug-likeness (QED) is 0.833. The number of likely N-dealkylation sites (N-methyl/N-ethyl adjacent to an activating group) is 1. The van der Waals surface area contributed by atoms with Gasteiger partial charge in [0.25, 0.3) is 0 Å². The van der Waals surface area contributed by atoms with Crippen LogP contribution in [0.3, 0.4) is 0 Å². The Balaban J connectivity index is 1.86. The zero-order chi connectivity index (χ0) is 12.6. The van der Waals surface area contributed by atoms with Gasteiger partial charge in [-0.15, -0.1) is 0 Å². The highest BCUT2D eigenvalue weighted by Gasteiger charge is 2.17. The van der Waals surface area contributed by atoms with Gasteiger partial charge >= 0.3 is 0 Å². The molecule has 0 aromatic heterocycles. The minimum Gasteiger partial charge on any atom is -0.381 e. The molecule has 2 heteroatoms. The molecule has 100 valence electrons. The van der Waals surface area contributed by atoms with Gasteiger partial charge in [0, 0.05) is 19.8 Å². The van der Waals surface area contributed by atoms with E-state index in [1.54, 1.807) is 0 Å². The molecule has 1 aromatic rings. The van der Waals surface area contributed by atoms with E-state index in [1.165, 1.54) is 31.2 Å². The van der Waals surface area contributed by atoms with Gasteiger partial charge in [0.1, 0.15) is 0 Å². The third kappa shape index (κ3) is 4.11. The standard InChI is InChI=1S/C16H25NO/c1-17-13-16(15-5-3-2-4-6-15)8-7-14-9-11-18-12-10-14/h2-6,14,16-17H,7-13H2,1H3. The second-order valence-electron chi connectivity index (χ2n) is 5.30. The molecule has 0 spiro atoms. The number of benzene rings is 1. The van der Waals surface area contributed by atoms with Gasteiger partial charge < -0.3 is 10.1 Å². The average molecular weight is 247 g/mol. The van der Waals surface area contributed by atoms with E-state index in [1.807, 2.05) is 7.05 Å². The van der Waals surface area contributed by atoms with Gasteiger partial charge in [0.2, 0.25) is 0 Å². The largest absolute Gasteiger partial charge is 0.381 e. The Morgan fingerprint density at radius 3 is 2.61 bits per heavy atom. The maximum Gasteiger partial charge on any atom is 0.0468 e. The van der Waals surface area contributed by atoms with Crippen molar-refractivity contribution in [1.82, 2.24) is 5.32 Å². The van der Waals surface area contributed by atoms with Crippen LogP contribution in [0.1, 0.15) is 37.2 Å². The van der Waals surface area contributed by atoms with Gasteiger partial charge in [-0.25, -0.2) is 0 Å². The topological polar surface area (TPSA) is 21.3 Å². The molecular formula is C16H25NO. The van der Waals surface area contributed by atoms with Gasteiger partial charge in [-0.05, 0) is 50.1 Å². The van der Waals surface area contributed by atoms with E-state index in [4.69, 9.17) is 4.74 Å². The van der Waals surface area contributed by atoms with Crippen LogP contribution in [0.15, 0.2) is 30.3 Å². The first-order chi connectivity index (χ1) is 8.90. The van der Waals surface area contributed by atoms with Gasteiger partial charge in [-0.3, -0.25) is 0 Å². The van der Waals surface area contributed by atoms with Crippen LogP contribution in [-0.4, -0.2) is 26.8 Å². The van der Waals surface area contributed by atoms with Crippen LogP contribution in [0.25, 0.3) is 0 Å². The van der Waals surface area contributed by atoms with Crippen molar-refractivity contribution < 1.29 is 4.74 Å². The Kier molecular flexibility index (Phi) is 5.69. The lowest BCUT2D eigenvalue weighted by molar-refractivity contribution is 0.0627. The van der Waals surface area contributed by atoms with Crippen molar-refractivity contribution in [3.63, 3.8) is 0 Å². The number of hydrogen-bond acceptors (Lipinski definition) is 2. The van der Waals surface area contributed by atoms with Crippen molar-refractivity contribution in [3.05, 3.63) is 35.9 Å². The molecular weight excluding hydrogens is 222 g/mol. The lowest BCUT2D eigenvalue weighted by Gasteiger charge is -2.24. The molecule has 0 aliphatic carbocycles. The molecule has 1 atom stereocenters. The maximum absolute atomic E-state index is 5.43. The van der Waals surface area contributed by atoms with E-state index >= 15 is 0 Å². The van der Waals surface area contributed by atoms with Crippen LogP contribution in [0.4, 0.5) is 0 Å². The van der Waals surface area contributed by atoms with Crippen molar-refractivity contribution in [2.45, 2.75) is 31.6 Å². The molecule has 1 saturated heterocycles. The van der Waals surface area contributed by atoms with Crippen LogP contribution in [-0.2, 0) is 4.74 Å². The normalized spacial score (nSPS) is 18.7. The molecule has 1 fully saturated rings. The monoisotopic (exact) mass is 247 g/mol. The van der Waals surface area contributed by atoms with Crippen molar-refractivity contribution >= 4 is 0 Å². The zero-order valence-corrected chi connectivity index (χ0v) is 11.4. The van der Waals surface area contributed by atoms with E-state index in [-0.39, 0.29) is 0 Å². The SMILES string of the molecule is CNCC(CCC1CCOCC1)c1ccccc1. The fourth-order valence-corrected chi connectivity index (χ4v) is 2.83.